The van der Waals surface area contributed by atoms with E-state index < -0.39 is 8.25 Å². The lowest BCUT2D eigenvalue weighted by molar-refractivity contribution is 0.405. The van der Waals surface area contributed by atoms with Crippen LogP contribution in [0.2, 0.25) is 0 Å². The molecule has 0 heterocycles. The molecule has 0 aliphatic rings. The molecular formula is C14H16O3P+. The fraction of sp³-hybridized carbons (Fsp3) is 0.143. The van der Waals surface area contributed by atoms with E-state index in [0.29, 0.717) is 0 Å². The van der Waals surface area contributed by atoms with Gasteiger partial charge in [-0.2, -0.15) is 0 Å². The summed E-state index contributed by atoms with van der Waals surface area (Å²) in [5, 5.41) is 0. The minimum Gasteiger partial charge on any atom is -0.134 e. The smallest absolute Gasteiger partial charge is 0.134 e. The Bertz CT molecular complexity index is 413. The largest absolute Gasteiger partial charge is 0.692 e. The van der Waals surface area contributed by atoms with E-state index in [0.717, 1.165) is 12.8 Å². The molecule has 3 nitrogen and oxygen atoms in total. The van der Waals surface area contributed by atoms with Gasteiger partial charge in [0.1, 0.15) is 0 Å². The summed E-state index contributed by atoms with van der Waals surface area (Å²) in [6, 6.07) is 21.2. The van der Waals surface area contributed by atoms with Gasteiger partial charge in [0.05, 0.1) is 0 Å². The summed E-state index contributed by atoms with van der Waals surface area (Å²) in [4.78, 5) is 14.2. The third kappa shape index (κ3) is 6.92. The second kappa shape index (κ2) is 8.54. The molecule has 0 aliphatic carbocycles. The van der Waals surface area contributed by atoms with E-state index in [2.05, 4.69) is 60.7 Å². The van der Waals surface area contributed by atoms with Crippen LogP contribution in [0.5, 0.6) is 0 Å². The summed E-state index contributed by atoms with van der Waals surface area (Å²) < 4.78 is 8.70. The van der Waals surface area contributed by atoms with Crippen LogP contribution in [0.3, 0.4) is 0 Å². The monoisotopic (exact) mass is 263 g/mol. The second-order valence-electron chi connectivity index (χ2n) is 3.72. The zero-order valence-corrected chi connectivity index (χ0v) is 10.8. The van der Waals surface area contributed by atoms with Gasteiger partial charge in [0, 0.05) is 4.57 Å². The molecule has 2 aromatic rings. The molecular weight excluding hydrogens is 247 g/mol. The van der Waals surface area contributed by atoms with Crippen molar-refractivity contribution in [2.75, 3.05) is 0 Å². The van der Waals surface area contributed by atoms with Gasteiger partial charge in [-0.05, 0) is 24.0 Å². The first-order valence-electron chi connectivity index (χ1n) is 5.61. The summed E-state index contributed by atoms with van der Waals surface area (Å²) >= 11 is 0. The van der Waals surface area contributed by atoms with E-state index in [4.69, 9.17) is 14.4 Å². The molecule has 0 bridgehead atoms. The van der Waals surface area contributed by atoms with Crippen molar-refractivity contribution >= 4 is 8.25 Å². The van der Waals surface area contributed by atoms with Crippen molar-refractivity contribution in [2.45, 2.75) is 12.8 Å². The van der Waals surface area contributed by atoms with Gasteiger partial charge in [-0.1, -0.05) is 60.7 Å². The van der Waals surface area contributed by atoms with Crippen LogP contribution in [-0.2, 0) is 17.4 Å². The molecule has 0 saturated carbocycles. The lowest BCUT2D eigenvalue weighted by Gasteiger charge is -2.01. The molecule has 18 heavy (non-hydrogen) atoms. The maximum absolute atomic E-state index is 8.70. The Morgan fingerprint density at radius 1 is 0.722 bits per heavy atom. The minimum absolute atomic E-state index is 1.13. The summed E-state index contributed by atoms with van der Waals surface area (Å²) in [7, 11) is -2.87. The summed E-state index contributed by atoms with van der Waals surface area (Å²) in [6.45, 7) is 0. The number of hydrogen-bond acceptors (Lipinski definition) is 1. The average molecular weight is 263 g/mol. The first kappa shape index (κ1) is 14.5. The minimum atomic E-state index is -2.87. The van der Waals surface area contributed by atoms with Crippen LogP contribution in [-0.4, -0.2) is 9.79 Å². The molecule has 4 heteroatoms. The van der Waals surface area contributed by atoms with Crippen molar-refractivity contribution < 1.29 is 14.4 Å². The van der Waals surface area contributed by atoms with Crippen molar-refractivity contribution in [3.63, 3.8) is 0 Å². The predicted molar refractivity (Wildman–Crippen MR) is 72.3 cm³/mol. The molecule has 2 rings (SSSR count). The first-order valence-corrected chi connectivity index (χ1v) is 6.78. The van der Waals surface area contributed by atoms with Crippen molar-refractivity contribution in [1.29, 1.82) is 0 Å². The Balaban J connectivity index is 0.000000357. The number of benzene rings is 2. The van der Waals surface area contributed by atoms with Crippen LogP contribution in [0.1, 0.15) is 11.1 Å². The highest BCUT2D eigenvalue weighted by molar-refractivity contribution is 7.30. The number of aryl methyl sites for hydroxylation is 2. The maximum Gasteiger partial charge on any atom is 0.692 e. The molecule has 0 fully saturated rings. The van der Waals surface area contributed by atoms with E-state index in [9.17, 15) is 0 Å². The standard InChI is InChI=1S/C14H14.HO3P/c1-3-7-13(8-4-1)11-12-14-9-5-2-6-10-14;1-4(2)3/h1-10H,11-12H2;(H-,1,2,3)/p+1. The van der Waals surface area contributed by atoms with Gasteiger partial charge in [-0.3, -0.25) is 0 Å². The van der Waals surface area contributed by atoms with Gasteiger partial charge < -0.3 is 0 Å². The predicted octanol–water partition coefficient (Wildman–Crippen LogP) is 3.10. The lowest BCUT2D eigenvalue weighted by atomic mass is 10.0. The molecule has 2 aromatic carbocycles. The van der Waals surface area contributed by atoms with Crippen LogP contribution in [0.25, 0.3) is 0 Å². The molecule has 0 atom stereocenters. The van der Waals surface area contributed by atoms with Gasteiger partial charge in [0.15, 0.2) is 0 Å². The Hall–Kier alpha value is -1.54. The number of hydrogen-bond donors (Lipinski definition) is 2. The average Bonchev–Trinajstić information content (AvgIpc) is 2.38. The van der Waals surface area contributed by atoms with Crippen molar-refractivity contribution in [2.24, 2.45) is 0 Å². The van der Waals surface area contributed by atoms with Crippen LogP contribution in [0.15, 0.2) is 60.7 Å². The van der Waals surface area contributed by atoms with Crippen LogP contribution in [0, 0.1) is 0 Å². The third-order valence-electron chi connectivity index (χ3n) is 2.39. The number of rotatable bonds is 3. The van der Waals surface area contributed by atoms with Crippen LogP contribution >= 0.6 is 8.25 Å². The van der Waals surface area contributed by atoms with E-state index >= 15 is 0 Å². The Kier molecular flexibility index (Phi) is 6.89. The molecule has 0 aromatic heterocycles. The molecule has 0 amide bonds. The van der Waals surface area contributed by atoms with E-state index in [1.807, 2.05) is 0 Å². The van der Waals surface area contributed by atoms with Crippen molar-refractivity contribution in [3.05, 3.63) is 71.8 Å². The van der Waals surface area contributed by atoms with Crippen LogP contribution < -0.4 is 0 Å². The maximum atomic E-state index is 8.70. The van der Waals surface area contributed by atoms with Gasteiger partial charge in [-0.25, -0.2) is 0 Å². The lowest BCUT2D eigenvalue weighted by Crippen LogP contribution is -1.89. The Morgan fingerprint density at radius 2 is 1.00 bits per heavy atom. The quantitative estimate of drug-likeness (QED) is 0.836. The highest BCUT2D eigenvalue weighted by Gasteiger charge is 1.93. The van der Waals surface area contributed by atoms with Gasteiger partial charge in [0.2, 0.25) is 0 Å². The van der Waals surface area contributed by atoms with Crippen LogP contribution in [0.4, 0.5) is 0 Å². The second-order valence-corrected chi connectivity index (χ2v) is 4.23. The SMILES string of the molecule is O=[P+](O)O.c1ccc(CCc2ccccc2)cc1. The zero-order chi connectivity index (χ0) is 13.2. The first-order chi connectivity index (χ1) is 8.68. The Labute approximate surface area is 108 Å². The highest BCUT2D eigenvalue weighted by atomic mass is 31.1. The van der Waals surface area contributed by atoms with E-state index in [1.165, 1.54) is 11.1 Å². The summed E-state index contributed by atoms with van der Waals surface area (Å²) in [5.41, 5.74) is 2.83. The van der Waals surface area contributed by atoms with Crippen molar-refractivity contribution in [3.8, 4) is 0 Å². The fourth-order valence-corrected chi connectivity index (χ4v) is 1.58. The topological polar surface area (TPSA) is 57.5 Å². The zero-order valence-electron chi connectivity index (χ0n) is 9.94. The molecule has 0 unspecified atom stereocenters. The van der Waals surface area contributed by atoms with Gasteiger partial charge in [-0.15, -0.1) is 9.79 Å². The summed E-state index contributed by atoms with van der Waals surface area (Å²) in [6.07, 6.45) is 2.26. The molecule has 0 aliphatic heterocycles. The summed E-state index contributed by atoms with van der Waals surface area (Å²) in [5.74, 6) is 0. The van der Waals surface area contributed by atoms with Gasteiger partial charge >= 0.3 is 8.25 Å². The van der Waals surface area contributed by atoms with E-state index in [1.54, 1.807) is 0 Å². The van der Waals surface area contributed by atoms with E-state index in [-0.39, 0.29) is 0 Å². The molecule has 94 valence electrons. The molecule has 0 radical (unpaired) electrons. The van der Waals surface area contributed by atoms with Crippen molar-refractivity contribution in [1.82, 2.24) is 0 Å². The highest BCUT2D eigenvalue weighted by Crippen LogP contribution is 2.06. The molecule has 0 spiro atoms. The van der Waals surface area contributed by atoms with Gasteiger partial charge in [0.25, 0.3) is 0 Å². The molecule has 0 saturated heterocycles. The molecule has 2 N–H and O–H groups in total. The normalized spacial score (nSPS) is 9.22. The fourth-order valence-electron chi connectivity index (χ4n) is 1.58. The third-order valence-corrected chi connectivity index (χ3v) is 2.39. The Morgan fingerprint density at radius 3 is 1.28 bits per heavy atom.